The first kappa shape index (κ1) is 19.7. The van der Waals surface area contributed by atoms with Gasteiger partial charge in [-0.05, 0) is 36.5 Å². The molecule has 2 amide bonds. The van der Waals surface area contributed by atoms with E-state index in [2.05, 4.69) is 31.2 Å². The molecule has 3 rings (SSSR count). The lowest BCUT2D eigenvalue weighted by Gasteiger charge is -2.39. The molecule has 1 spiro atoms. The maximum absolute atomic E-state index is 12.6. The maximum atomic E-state index is 12.6. The fourth-order valence-corrected chi connectivity index (χ4v) is 3.70. The van der Waals surface area contributed by atoms with Crippen LogP contribution in [-0.4, -0.2) is 41.1 Å². The Morgan fingerprint density at radius 2 is 2.15 bits per heavy atom. The van der Waals surface area contributed by atoms with Crippen molar-refractivity contribution in [3.63, 3.8) is 0 Å². The second-order valence-electron chi connectivity index (χ2n) is 8.61. The number of carbonyl (C=O) groups is 2. The summed E-state index contributed by atoms with van der Waals surface area (Å²) in [5.41, 5.74) is 0.311. The number of hydrogen-bond donors (Lipinski definition) is 1. The molecule has 1 fully saturated rings. The van der Waals surface area contributed by atoms with E-state index in [4.69, 9.17) is 16.4 Å². The molecule has 2 aliphatic heterocycles. The minimum absolute atomic E-state index is 0.0588. The highest BCUT2D eigenvalue weighted by atomic mass is 35.5. The van der Waals surface area contributed by atoms with E-state index >= 15 is 0 Å². The van der Waals surface area contributed by atoms with E-state index in [0.717, 1.165) is 19.4 Å². The first-order valence-corrected chi connectivity index (χ1v) is 9.63. The third kappa shape index (κ3) is 5.01. The number of nitrogens with one attached hydrogen (secondary N) is 1. The Bertz CT molecular complexity index is 772. The van der Waals surface area contributed by atoms with Crippen LogP contribution in [-0.2, 0) is 14.4 Å². The molecule has 1 aromatic rings. The molecule has 2 heterocycles. The number of piperidine rings is 1. The average molecular weight is 392 g/mol. The summed E-state index contributed by atoms with van der Waals surface area (Å²) in [6.07, 6.45) is 2.52. The van der Waals surface area contributed by atoms with Crippen LogP contribution in [0.15, 0.2) is 29.4 Å². The molecule has 1 saturated heterocycles. The molecule has 146 valence electrons. The summed E-state index contributed by atoms with van der Waals surface area (Å²) in [4.78, 5) is 32.6. The summed E-state index contributed by atoms with van der Waals surface area (Å²) < 4.78 is 0. The van der Waals surface area contributed by atoms with Crippen molar-refractivity contribution in [1.29, 1.82) is 0 Å². The summed E-state index contributed by atoms with van der Waals surface area (Å²) in [7, 11) is 0. The zero-order valence-corrected chi connectivity index (χ0v) is 16.8. The van der Waals surface area contributed by atoms with Gasteiger partial charge in [0.1, 0.15) is 5.71 Å². The number of benzene rings is 1. The molecule has 0 radical (unpaired) electrons. The van der Waals surface area contributed by atoms with Crippen molar-refractivity contribution >= 4 is 34.8 Å². The first-order valence-electron chi connectivity index (χ1n) is 9.26. The number of hydrogen-bond acceptors (Lipinski definition) is 4. The smallest absolute Gasteiger partial charge is 0.273 e. The molecule has 7 heteroatoms. The number of nitrogens with zero attached hydrogens (tertiary/aromatic N) is 2. The number of oxime groups is 1. The van der Waals surface area contributed by atoms with Crippen molar-refractivity contribution in [3.8, 4) is 0 Å². The Morgan fingerprint density at radius 1 is 1.37 bits per heavy atom. The van der Waals surface area contributed by atoms with Gasteiger partial charge in [0, 0.05) is 30.1 Å². The van der Waals surface area contributed by atoms with E-state index in [0.29, 0.717) is 35.8 Å². The highest BCUT2D eigenvalue weighted by Crippen LogP contribution is 2.34. The zero-order chi connectivity index (χ0) is 19.7. The van der Waals surface area contributed by atoms with Crippen LogP contribution in [0.25, 0.3) is 0 Å². The summed E-state index contributed by atoms with van der Waals surface area (Å²) in [5, 5.41) is 7.38. The zero-order valence-electron chi connectivity index (χ0n) is 16.0. The molecule has 1 aromatic carbocycles. The molecule has 0 aliphatic carbocycles. The number of rotatable bonds is 3. The van der Waals surface area contributed by atoms with E-state index < -0.39 is 5.60 Å². The molecule has 6 nitrogen and oxygen atoms in total. The van der Waals surface area contributed by atoms with Crippen molar-refractivity contribution in [3.05, 3.63) is 29.3 Å². The second-order valence-corrected chi connectivity index (χ2v) is 9.05. The third-order valence-corrected chi connectivity index (χ3v) is 4.99. The minimum Gasteiger partial charge on any atom is -0.386 e. The Labute approximate surface area is 164 Å². The van der Waals surface area contributed by atoms with E-state index in [1.807, 2.05) is 4.90 Å². The Balaban J connectivity index is 1.61. The van der Waals surface area contributed by atoms with Gasteiger partial charge >= 0.3 is 0 Å². The lowest BCUT2D eigenvalue weighted by atomic mass is 9.86. The van der Waals surface area contributed by atoms with E-state index in [9.17, 15) is 9.59 Å². The van der Waals surface area contributed by atoms with Gasteiger partial charge < -0.3 is 15.1 Å². The van der Waals surface area contributed by atoms with Crippen LogP contribution in [0.1, 0.15) is 46.5 Å². The first-order chi connectivity index (χ1) is 12.7. The molecule has 1 atom stereocenters. The lowest BCUT2D eigenvalue weighted by Crippen LogP contribution is -2.51. The monoisotopic (exact) mass is 391 g/mol. The molecule has 0 saturated carbocycles. The molecule has 0 aromatic heterocycles. The van der Waals surface area contributed by atoms with Crippen molar-refractivity contribution in [1.82, 2.24) is 4.90 Å². The summed E-state index contributed by atoms with van der Waals surface area (Å²) in [5.74, 6) is -0.172. The van der Waals surface area contributed by atoms with Crippen LogP contribution in [0, 0.1) is 5.41 Å². The number of anilines is 1. The van der Waals surface area contributed by atoms with Gasteiger partial charge in [-0.1, -0.05) is 43.6 Å². The molecular formula is C20H26ClN3O3. The van der Waals surface area contributed by atoms with Gasteiger partial charge in [-0.2, -0.15) is 0 Å². The van der Waals surface area contributed by atoms with Crippen LogP contribution in [0.2, 0.25) is 5.02 Å². The topological polar surface area (TPSA) is 71.0 Å². The largest absolute Gasteiger partial charge is 0.386 e. The minimum atomic E-state index is -0.590. The van der Waals surface area contributed by atoms with Crippen molar-refractivity contribution in [2.45, 2.75) is 52.1 Å². The normalized spacial score (nSPS) is 22.4. The molecule has 27 heavy (non-hydrogen) atoms. The van der Waals surface area contributed by atoms with Gasteiger partial charge in [0.05, 0.1) is 6.54 Å². The summed E-state index contributed by atoms with van der Waals surface area (Å²) >= 11 is 5.95. The van der Waals surface area contributed by atoms with Crippen LogP contribution in [0.4, 0.5) is 5.69 Å². The van der Waals surface area contributed by atoms with Gasteiger partial charge in [-0.3, -0.25) is 9.59 Å². The second kappa shape index (κ2) is 7.50. The predicted molar refractivity (Wildman–Crippen MR) is 106 cm³/mol. The molecule has 2 aliphatic rings. The standard InChI is InChI=1S/C20H26ClN3O3/c1-19(2,3)12-17(25)24-9-5-8-20(13-24)11-16(23-27-20)18(26)22-15-7-4-6-14(21)10-15/h4,6-7,10H,5,8-9,11-13H2,1-3H3,(H,22,26). The molecule has 1 N–H and O–H groups in total. The maximum Gasteiger partial charge on any atom is 0.273 e. The number of carbonyl (C=O) groups excluding carboxylic acids is 2. The molecule has 0 bridgehead atoms. The van der Waals surface area contributed by atoms with Crippen molar-refractivity contribution in [2.24, 2.45) is 10.6 Å². The molecule has 1 unspecified atom stereocenters. The SMILES string of the molecule is CC(C)(C)CC(=O)N1CCCC2(CC(C(=O)Nc3cccc(Cl)c3)=NO2)C1. The van der Waals surface area contributed by atoms with E-state index in [1.54, 1.807) is 24.3 Å². The fraction of sp³-hybridized carbons (Fsp3) is 0.550. The highest BCUT2D eigenvalue weighted by Gasteiger charge is 2.45. The number of halogens is 1. The lowest BCUT2D eigenvalue weighted by molar-refractivity contribution is -0.142. The fourth-order valence-electron chi connectivity index (χ4n) is 3.51. The van der Waals surface area contributed by atoms with Gasteiger partial charge in [-0.15, -0.1) is 0 Å². The van der Waals surface area contributed by atoms with Crippen molar-refractivity contribution < 1.29 is 14.4 Å². The van der Waals surface area contributed by atoms with E-state index in [1.165, 1.54) is 0 Å². The summed E-state index contributed by atoms with van der Waals surface area (Å²) in [6.45, 7) is 7.36. The number of likely N-dealkylation sites (tertiary alicyclic amines) is 1. The van der Waals surface area contributed by atoms with Gasteiger partial charge in [0.25, 0.3) is 5.91 Å². The quantitative estimate of drug-likeness (QED) is 0.850. The summed E-state index contributed by atoms with van der Waals surface area (Å²) in [6, 6.07) is 6.96. The van der Waals surface area contributed by atoms with Crippen LogP contribution in [0.5, 0.6) is 0 Å². The van der Waals surface area contributed by atoms with E-state index in [-0.39, 0.29) is 17.2 Å². The predicted octanol–water partition coefficient (Wildman–Crippen LogP) is 3.85. The third-order valence-electron chi connectivity index (χ3n) is 4.76. The Hall–Kier alpha value is -2.08. The van der Waals surface area contributed by atoms with Crippen molar-refractivity contribution in [2.75, 3.05) is 18.4 Å². The van der Waals surface area contributed by atoms with Gasteiger partial charge in [-0.25, -0.2) is 0 Å². The Kier molecular flexibility index (Phi) is 5.47. The van der Waals surface area contributed by atoms with Gasteiger partial charge in [0.2, 0.25) is 5.91 Å². The van der Waals surface area contributed by atoms with Crippen LogP contribution in [0.3, 0.4) is 0 Å². The van der Waals surface area contributed by atoms with Gasteiger partial charge in [0.15, 0.2) is 5.60 Å². The Morgan fingerprint density at radius 3 is 2.85 bits per heavy atom. The molecular weight excluding hydrogens is 366 g/mol. The number of amides is 2. The average Bonchev–Trinajstić information content (AvgIpc) is 2.97. The van der Waals surface area contributed by atoms with Crippen LogP contribution < -0.4 is 5.32 Å². The van der Waals surface area contributed by atoms with Crippen LogP contribution >= 0.6 is 11.6 Å². The highest BCUT2D eigenvalue weighted by molar-refractivity contribution is 6.43.